The summed E-state index contributed by atoms with van der Waals surface area (Å²) in [5, 5.41) is 13.7. The second kappa shape index (κ2) is 7.66. The highest BCUT2D eigenvalue weighted by molar-refractivity contribution is 6.30. The molecule has 4 aromatic rings. The van der Waals surface area contributed by atoms with Gasteiger partial charge in [-0.1, -0.05) is 35.9 Å². The molecule has 1 saturated heterocycles. The zero-order chi connectivity index (χ0) is 20.7. The number of fused-ring (bicyclic) bond motifs is 1. The van der Waals surface area contributed by atoms with E-state index in [2.05, 4.69) is 22.0 Å². The predicted molar refractivity (Wildman–Crippen MR) is 113 cm³/mol. The predicted octanol–water partition coefficient (Wildman–Crippen LogP) is 4.55. The van der Waals surface area contributed by atoms with E-state index >= 15 is 0 Å². The maximum atomic E-state index is 14.3. The summed E-state index contributed by atoms with van der Waals surface area (Å²) in [4.78, 5) is 2.18. The van der Waals surface area contributed by atoms with Crippen LogP contribution in [0.4, 0.5) is 10.2 Å². The highest BCUT2D eigenvalue weighted by atomic mass is 35.5. The van der Waals surface area contributed by atoms with Crippen LogP contribution in [0.2, 0.25) is 5.02 Å². The lowest BCUT2D eigenvalue weighted by Gasteiger charge is -2.39. The van der Waals surface area contributed by atoms with E-state index in [0.717, 1.165) is 11.4 Å². The fourth-order valence-corrected chi connectivity index (χ4v) is 3.93. The van der Waals surface area contributed by atoms with Gasteiger partial charge in [0.1, 0.15) is 17.7 Å². The summed E-state index contributed by atoms with van der Waals surface area (Å²) in [6.45, 7) is 3.26. The maximum absolute atomic E-state index is 14.3. The molecular formula is C22H19ClFN5O. The molecular weight excluding hydrogens is 405 g/mol. The number of nitrogens with zero attached hydrogens (tertiary/aromatic N) is 5. The Balaban J connectivity index is 1.52. The Morgan fingerprint density at radius 1 is 1.07 bits per heavy atom. The number of rotatable bonds is 3. The first-order valence-corrected chi connectivity index (χ1v) is 10.1. The molecule has 0 saturated carbocycles. The molecule has 0 aliphatic carbocycles. The summed E-state index contributed by atoms with van der Waals surface area (Å²) >= 11 is 6.16. The molecule has 0 N–H and O–H groups in total. The minimum Gasteiger partial charge on any atom is -0.370 e. The highest BCUT2D eigenvalue weighted by Gasteiger charge is 2.29. The van der Waals surface area contributed by atoms with E-state index in [9.17, 15) is 4.39 Å². The van der Waals surface area contributed by atoms with Crippen LogP contribution in [0.25, 0.3) is 17.0 Å². The largest absolute Gasteiger partial charge is 0.370 e. The molecule has 1 fully saturated rings. The molecule has 2 atom stereocenters. The Morgan fingerprint density at radius 2 is 1.93 bits per heavy atom. The van der Waals surface area contributed by atoms with Gasteiger partial charge in [0.2, 0.25) is 0 Å². The first kappa shape index (κ1) is 19.0. The second-order valence-electron chi connectivity index (χ2n) is 7.34. The molecule has 0 radical (unpaired) electrons. The molecule has 5 rings (SSSR count). The third kappa shape index (κ3) is 3.40. The van der Waals surface area contributed by atoms with Gasteiger partial charge in [-0.05, 0) is 48.9 Å². The lowest BCUT2D eigenvalue weighted by molar-refractivity contribution is 0.0212. The van der Waals surface area contributed by atoms with Crippen molar-refractivity contribution < 1.29 is 9.13 Å². The highest BCUT2D eigenvalue weighted by Crippen LogP contribution is 2.30. The normalized spacial score (nSPS) is 19.4. The molecule has 1 aliphatic heterocycles. The van der Waals surface area contributed by atoms with Crippen LogP contribution in [-0.4, -0.2) is 39.0 Å². The van der Waals surface area contributed by atoms with Crippen LogP contribution in [0.1, 0.15) is 18.6 Å². The van der Waals surface area contributed by atoms with Gasteiger partial charge >= 0.3 is 0 Å². The number of aromatic nitrogens is 4. The smallest absolute Gasteiger partial charge is 0.188 e. The van der Waals surface area contributed by atoms with Crippen LogP contribution in [0, 0.1) is 5.82 Å². The van der Waals surface area contributed by atoms with Crippen molar-refractivity contribution in [2.45, 2.75) is 19.1 Å². The van der Waals surface area contributed by atoms with Gasteiger partial charge < -0.3 is 9.64 Å². The fourth-order valence-electron chi connectivity index (χ4n) is 3.73. The van der Waals surface area contributed by atoms with Crippen molar-refractivity contribution in [1.82, 2.24) is 19.8 Å². The molecule has 3 heterocycles. The average Bonchev–Trinajstić information content (AvgIpc) is 3.17. The van der Waals surface area contributed by atoms with Crippen LogP contribution in [0.15, 0.2) is 60.7 Å². The van der Waals surface area contributed by atoms with Gasteiger partial charge in [0, 0.05) is 5.02 Å². The zero-order valence-electron chi connectivity index (χ0n) is 16.2. The molecule has 1 aliphatic rings. The molecule has 0 bridgehead atoms. The first-order chi connectivity index (χ1) is 14.6. The fraction of sp³-hybridized carbons (Fsp3) is 0.227. The monoisotopic (exact) mass is 423 g/mol. The summed E-state index contributed by atoms with van der Waals surface area (Å²) in [5.74, 6) is 0.764. The number of anilines is 1. The van der Waals surface area contributed by atoms with Crippen molar-refractivity contribution in [3.63, 3.8) is 0 Å². The molecule has 0 spiro atoms. The van der Waals surface area contributed by atoms with E-state index in [-0.39, 0.29) is 18.0 Å². The van der Waals surface area contributed by atoms with E-state index in [1.54, 1.807) is 22.7 Å². The number of hydrogen-bond donors (Lipinski definition) is 0. The van der Waals surface area contributed by atoms with E-state index in [1.807, 2.05) is 36.4 Å². The lowest BCUT2D eigenvalue weighted by atomic mass is 10.1. The van der Waals surface area contributed by atoms with Gasteiger partial charge in [0.05, 0.1) is 24.8 Å². The summed E-state index contributed by atoms with van der Waals surface area (Å²) in [5.41, 5.74) is 1.95. The topological polar surface area (TPSA) is 55.5 Å². The van der Waals surface area contributed by atoms with Gasteiger partial charge in [-0.25, -0.2) is 4.39 Å². The van der Waals surface area contributed by atoms with Crippen molar-refractivity contribution in [2.24, 2.45) is 0 Å². The van der Waals surface area contributed by atoms with Gasteiger partial charge in [0.25, 0.3) is 0 Å². The zero-order valence-corrected chi connectivity index (χ0v) is 17.0. The molecule has 8 heteroatoms. The van der Waals surface area contributed by atoms with E-state index in [1.165, 1.54) is 6.07 Å². The van der Waals surface area contributed by atoms with Crippen LogP contribution in [0.3, 0.4) is 0 Å². The summed E-state index contributed by atoms with van der Waals surface area (Å²) in [6, 6.07) is 18.1. The van der Waals surface area contributed by atoms with Gasteiger partial charge in [0.15, 0.2) is 11.5 Å². The van der Waals surface area contributed by atoms with Crippen molar-refractivity contribution in [3.05, 3.63) is 77.1 Å². The number of morpholine rings is 1. The van der Waals surface area contributed by atoms with Crippen molar-refractivity contribution in [3.8, 4) is 11.4 Å². The Kier molecular flexibility index (Phi) is 4.84. The van der Waals surface area contributed by atoms with Gasteiger partial charge in [-0.3, -0.25) is 0 Å². The van der Waals surface area contributed by atoms with Crippen molar-refractivity contribution in [2.75, 3.05) is 18.1 Å². The molecule has 152 valence electrons. The SMILES string of the molecule is CC1COC(c2cccc(Cl)c2)CN1c1ccc2nnc(-c3ccccc3F)n2n1. The van der Waals surface area contributed by atoms with Gasteiger partial charge in [-0.15, -0.1) is 15.3 Å². The molecule has 6 nitrogen and oxygen atoms in total. The first-order valence-electron chi connectivity index (χ1n) is 9.71. The quantitative estimate of drug-likeness (QED) is 0.484. The second-order valence-corrected chi connectivity index (χ2v) is 7.78. The Labute approximate surface area is 177 Å². The summed E-state index contributed by atoms with van der Waals surface area (Å²) in [7, 11) is 0. The van der Waals surface area contributed by atoms with E-state index in [4.69, 9.17) is 21.4 Å². The molecule has 0 amide bonds. The summed E-state index contributed by atoms with van der Waals surface area (Å²) in [6.07, 6.45) is -0.121. The van der Waals surface area contributed by atoms with Crippen LogP contribution < -0.4 is 4.90 Å². The Bertz CT molecular complexity index is 1210. The van der Waals surface area contributed by atoms with E-state index < -0.39 is 0 Å². The van der Waals surface area contributed by atoms with Gasteiger partial charge in [-0.2, -0.15) is 4.52 Å². The lowest BCUT2D eigenvalue weighted by Crippen LogP contribution is -2.45. The number of benzene rings is 2. The Morgan fingerprint density at radius 3 is 2.77 bits per heavy atom. The minimum absolute atomic E-state index is 0.121. The summed E-state index contributed by atoms with van der Waals surface area (Å²) < 4.78 is 22.0. The molecule has 2 aromatic heterocycles. The number of ether oxygens (including phenoxy) is 1. The van der Waals surface area contributed by atoms with Crippen molar-refractivity contribution >= 4 is 23.1 Å². The third-order valence-corrected chi connectivity index (χ3v) is 5.55. The number of hydrogen-bond acceptors (Lipinski definition) is 5. The van der Waals surface area contributed by atoms with Crippen LogP contribution >= 0.6 is 11.6 Å². The average molecular weight is 424 g/mol. The maximum Gasteiger partial charge on any atom is 0.188 e. The minimum atomic E-state index is -0.361. The standard InChI is InChI=1S/C22H19ClFN5O/c1-14-13-30-19(15-5-4-6-16(23)11-15)12-28(14)21-10-9-20-25-26-22(29(20)27-21)17-7-2-3-8-18(17)24/h2-11,14,19H,12-13H2,1H3. The van der Waals surface area contributed by atoms with Crippen LogP contribution in [0.5, 0.6) is 0 Å². The molecule has 2 unspecified atom stereocenters. The van der Waals surface area contributed by atoms with E-state index in [0.29, 0.717) is 35.2 Å². The number of halogens is 2. The third-order valence-electron chi connectivity index (χ3n) is 5.31. The molecule has 30 heavy (non-hydrogen) atoms. The van der Waals surface area contributed by atoms with Crippen molar-refractivity contribution in [1.29, 1.82) is 0 Å². The van der Waals surface area contributed by atoms with Crippen LogP contribution in [-0.2, 0) is 4.74 Å². The Hall–Kier alpha value is -3.03. The molecule has 2 aromatic carbocycles.